The minimum absolute atomic E-state index is 0.0922. The molecule has 1 saturated heterocycles. The fourth-order valence-corrected chi connectivity index (χ4v) is 4.02. The second-order valence-electron chi connectivity index (χ2n) is 9.22. The number of piperidine rings is 1. The van der Waals surface area contributed by atoms with Gasteiger partial charge in [-0.2, -0.15) is 0 Å². The lowest BCUT2D eigenvalue weighted by atomic mass is 9.88. The lowest BCUT2D eigenvalue weighted by molar-refractivity contribution is 0.0508. The number of benzene rings is 2. The molecule has 0 radical (unpaired) electrons. The molecule has 3 rings (SSSR count). The number of rotatable bonds is 6. The molecule has 1 unspecified atom stereocenters. The molecule has 2 aromatic rings. The van der Waals surface area contributed by atoms with Crippen LogP contribution in [0.2, 0.25) is 0 Å². The topological polar surface area (TPSA) is 50.8 Å². The van der Waals surface area contributed by atoms with Gasteiger partial charge in [0.05, 0.1) is 12.6 Å². The van der Waals surface area contributed by atoms with Crippen LogP contribution in [0.25, 0.3) is 0 Å². The first-order chi connectivity index (χ1) is 14.7. The molecule has 0 saturated carbocycles. The number of nitrogens with one attached hydrogen (secondary N) is 1. The van der Waals surface area contributed by atoms with Crippen LogP contribution in [0.5, 0.6) is 5.75 Å². The predicted molar refractivity (Wildman–Crippen MR) is 126 cm³/mol. The Morgan fingerprint density at radius 2 is 1.68 bits per heavy atom. The van der Waals surface area contributed by atoms with Gasteiger partial charge in [0.1, 0.15) is 11.4 Å². The number of hydrogen-bond donors (Lipinski definition) is 1. The van der Waals surface area contributed by atoms with Crippen molar-refractivity contribution in [2.45, 2.75) is 65.0 Å². The Balaban J connectivity index is 1.52. The fraction of sp³-hybridized carbons (Fsp3) is 0.500. The Hall–Kier alpha value is -2.69. The van der Waals surface area contributed by atoms with E-state index < -0.39 is 5.60 Å². The van der Waals surface area contributed by atoms with E-state index in [1.165, 1.54) is 11.3 Å². The standard InChI is InChI=1S/C26H36N2O3/c1-6-30-24-13-11-23(12-14-24)28-17-15-22(16-18-28)21-9-7-20(8-10-21)19(2)27-25(29)31-26(3,4)5/h7-14,19,22H,6,15-18H2,1-5H3,(H,27,29). The van der Waals surface area contributed by atoms with Crippen molar-refractivity contribution in [1.29, 1.82) is 0 Å². The number of nitrogens with zero attached hydrogens (tertiary/aromatic N) is 1. The number of amides is 1. The molecule has 0 aliphatic carbocycles. The molecular weight excluding hydrogens is 388 g/mol. The lowest BCUT2D eigenvalue weighted by Gasteiger charge is -2.34. The summed E-state index contributed by atoms with van der Waals surface area (Å²) in [6.07, 6.45) is 1.89. The van der Waals surface area contributed by atoms with Crippen LogP contribution in [0, 0.1) is 0 Å². The minimum atomic E-state index is -0.492. The highest BCUT2D eigenvalue weighted by molar-refractivity contribution is 5.68. The molecule has 1 atom stereocenters. The molecule has 0 bridgehead atoms. The number of carbonyl (C=O) groups excluding carboxylic acids is 1. The van der Waals surface area contributed by atoms with Crippen molar-refractivity contribution in [3.63, 3.8) is 0 Å². The summed E-state index contributed by atoms with van der Waals surface area (Å²) in [6.45, 7) is 12.4. The highest BCUT2D eigenvalue weighted by atomic mass is 16.6. The van der Waals surface area contributed by atoms with Gasteiger partial charge in [0, 0.05) is 18.8 Å². The van der Waals surface area contributed by atoms with E-state index in [0.717, 1.165) is 37.2 Å². The summed E-state index contributed by atoms with van der Waals surface area (Å²) in [5.41, 5.74) is 3.23. The minimum Gasteiger partial charge on any atom is -0.494 e. The first-order valence-electron chi connectivity index (χ1n) is 11.3. The van der Waals surface area contributed by atoms with Crippen molar-refractivity contribution in [3.05, 3.63) is 59.7 Å². The molecule has 1 heterocycles. The summed E-state index contributed by atoms with van der Waals surface area (Å²) in [6, 6.07) is 17.0. The van der Waals surface area contributed by atoms with Crippen molar-refractivity contribution >= 4 is 11.8 Å². The Kier molecular flexibility index (Phi) is 7.47. The van der Waals surface area contributed by atoms with Crippen molar-refractivity contribution < 1.29 is 14.3 Å². The van der Waals surface area contributed by atoms with Gasteiger partial charge >= 0.3 is 6.09 Å². The van der Waals surface area contributed by atoms with Crippen LogP contribution in [-0.4, -0.2) is 31.4 Å². The van der Waals surface area contributed by atoms with Crippen LogP contribution in [-0.2, 0) is 4.74 Å². The van der Waals surface area contributed by atoms with E-state index in [0.29, 0.717) is 12.5 Å². The van der Waals surface area contributed by atoms with Gasteiger partial charge in [-0.25, -0.2) is 4.79 Å². The van der Waals surface area contributed by atoms with E-state index in [1.807, 2.05) is 34.6 Å². The molecule has 1 aliphatic rings. The molecular formula is C26H36N2O3. The Morgan fingerprint density at radius 1 is 1.06 bits per heavy atom. The van der Waals surface area contributed by atoms with E-state index in [2.05, 4.69) is 58.7 Å². The largest absolute Gasteiger partial charge is 0.494 e. The molecule has 1 fully saturated rings. The molecule has 5 nitrogen and oxygen atoms in total. The first kappa shape index (κ1) is 23.0. The van der Waals surface area contributed by atoms with E-state index in [9.17, 15) is 4.79 Å². The summed E-state index contributed by atoms with van der Waals surface area (Å²) in [4.78, 5) is 14.5. The number of ether oxygens (including phenoxy) is 2. The van der Waals surface area contributed by atoms with Gasteiger partial charge < -0.3 is 19.7 Å². The van der Waals surface area contributed by atoms with E-state index in [-0.39, 0.29) is 12.1 Å². The van der Waals surface area contributed by atoms with Crippen LogP contribution >= 0.6 is 0 Å². The zero-order valence-corrected chi connectivity index (χ0v) is 19.5. The maximum atomic E-state index is 12.0. The summed E-state index contributed by atoms with van der Waals surface area (Å²) < 4.78 is 10.9. The Morgan fingerprint density at radius 3 is 2.23 bits per heavy atom. The molecule has 0 spiro atoms. The third kappa shape index (κ3) is 6.65. The highest BCUT2D eigenvalue weighted by Crippen LogP contribution is 2.31. The number of carbonyl (C=O) groups is 1. The molecule has 5 heteroatoms. The van der Waals surface area contributed by atoms with Crippen LogP contribution in [0.15, 0.2) is 48.5 Å². The van der Waals surface area contributed by atoms with Gasteiger partial charge in [0.15, 0.2) is 0 Å². The van der Waals surface area contributed by atoms with Crippen molar-refractivity contribution in [2.75, 3.05) is 24.6 Å². The van der Waals surface area contributed by atoms with Gasteiger partial charge in [-0.3, -0.25) is 0 Å². The lowest BCUT2D eigenvalue weighted by Crippen LogP contribution is -2.34. The van der Waals surface area contributed by atoms with E-state index in [1.54, 1.807) is 0 Å². The quantitative estimate of drug-likeness (QED) is 0.613. The van der Waals surface area contributed by atoms with Gasteiger partial charge in [-0.1, -0.05) is 24.3 Å². The zero-order valence-electron chi connectivity index (χ0n) is 19.5. The molecule has 1 aliphatic heterocycles. The second kappa shape index (κ2) is 10.1. The van der Waals surface area contributed by atoms with Gasteiger partial charge in [-0.15, -0.1) is 0 Å². The highest BCUT2D eigenvalue weighted by Gasteiger charge is 2.22. The monoisotopic (exact) mass is 424 g/mol. The maximum absolute atomic E-state index is 12.0. The van der Waals surface area contributed by atoms with Crippen LogP contribution in [0.3, 0.4) is 0 Å². The van der Waals surface area contributed by atoms with Gasteiger partial charge in [-0.05, 0) is 88.8 Å². The van der Waals surface area contributed by atoms with Crippen molar-refractivity contribution in [1.82, 2.24) is 5.32 Å². The predicted octanol–water partition coefficient (Wildman–Crippen LogP) is 6.06. The summed E-state index contributed by atoms with van der Waals surface area (Å²) in [5.74, 6) is 1.50. The van der Waals surface area contributed by atoms with Crippen LogP contribution in [0.4, 0.5) is 10.5 Å². The second-order valence-corrected chi connectivity index (χ2v) is 9.22. The average molecular weight is 425 g/mol. The van der Waals surface area contributed by atoms with Crippen LogP contribution in [0.1, 0.15) is 70.5 Å². The molecule has 2 aromatic carbocycles. The SMILES string of the molecule is CCOc1ccc(N2CCC(c3ccc(C(C)NC(=O)OC(C)(C)C)cc3)CC2)cc1. The first-order valence-corrected chi connectivity index (χ1v) is 11.3. The third-order valence-corrected chi connectivity index (χ3v) is 5.65. The van der Waals surface area contributed by atoms with Gasteiger partial charge in [0.2, 0.25) is 0 Å². The van der Waals surface area contributed by atoms with E-state index >= 15 is 0 Å². The maximum Gasteiger partial charge on any atom is 0.408 e. The number of hydrogen-bond acceptors (Lipinski definition) is 4. The normalized spacial score (nSPS) is 16.0. The van der Waals surface area contributed by atoms with Crippen molar-refractivity contribution in [2.24, 2.45) is 0 Å². The smallest absolute Gasteiger partial charge is 0.408 e. The summed E-state index contributed by atoms with van der Waals surface area (Å²) in [5, 5.41) is 2.91. The average Bonchev–Trinajstić information content (AvgIpc) is 2.73. The van der Waals surface area contributed by atoms with Gasteiger partial charge in [0.25, 0.3) is 0 Å². The molecule has 168 valence electrons. The third-order valence-electron chi connectivity index (χ3n) is 5.65. The summed E-state index contributed by atoms with van der Waals surface area (Å²) in [7, 11) is 0. The Bertz CT molecular complexity index is 832. The van der Waals surface area contributed by atoms with Crippen LogP contribution < -0.4 is 15.0 Å². The van der Waals surface area contributed by atoms with Crippen molar-refractivity contribution in [3.8, 4) is 5.75 Å². The molecule has 1 amide bonds. The summed E-state index contributed by atoms with van der Waals surface area (Å²) >= 11 is 0. The number of anilines is 1. The number of alkyl carbamates (subject to hydrolysis) is 1. The molecule has 1 N–H and O–H groups in total. The molecule has 31 heavy (non-hydrogen) atoms. The molecule has 0 aromatic heterocycles. The fourth-order valence-electron chi connectivity index (χ4n) is 4.02. The zero-order chi connectivity index (χ0) is 22.4. The Labute approximate surface area is 186 Å². The van der Waals surface area contributed by atoms with E-state index in [4.69, 9.17) is 9.47 Å².